The molecule has 0 fully saturated rings. The van der Waals surface area contributed by atoms with Crippen molar-refractivity contribution in [2.75, 3.05) is 35.4 Å². The highest BCUT2D eigenvalue weighted by Gasteiger charge is 2.11. The van der Waals surface area contributed by atoms with Crippen LogP contribution in [0.5, 0.6) is 11.5 Å². The molecule has 0 bridgehead atoms. The van der Waals surface area contributed by atoms with E-state index in [1.54, 1.807) is 14.2 Å². The molecule has 222 valence electrons. The second kappa shape index (κ2) is 15.5. The summed E-state index contributed by atoms with van der Waals surface area (Å²) in [6, 6.07) is 31.9. The molecule has 6 heteroatoms. The Morgan fingerprint density at radius 1 is 0.429 bits per heavy atom. The lowest BCUT2D eigenvalue weighted by Crippen LogP contribution is -2.21. The number of benzene rings is 4. The quantitative estimate of drug-likeness (QED) is 0.188. The second-order valence-corrected chi connectivity index (χ2v) is 11.3. The maximum Gasteiger partial charge on any atom is 0.118 e. The third-order valence-corrected chi connectivity index (χ3v) is 7.35. The van der Waals surface area contributed by atoms with Crippen molar-refractivity contribution >= 4 is 0 Å². The van der Waals surface area contributed by atoms with Gasteiger partial charge in [-0.1, -0.05) is 66.7 Å². The van der Waals surface area contributed by atoms with Gasteiger partial charge < -0.3 is 14.6 Å². The summed E-state index contributed by atoms with van der Waals surface area (Å²) in [6.07, 6.45) is 0. The minimum Gasteiger partial charge on any atom is -0.497 e. The summed E-state index contributed by atoms with van der Waals surface area (Å²) in [7, 11) is 9.91. The highest BCUT2D eigenvalue weighted by molar-refractivity contribution is 5.32. The maximum atomic E-state index is 9.36. The molecule has 4 aromatic carbocycles. The van der Waals surface area contributed by atoms with Crippen molar-refractivity contribution in [2.45, 2.75) is 45.9 Å². The van der Waals surface area contributed by atoms with E-state index in [1.807, 2.05) is 36.4 Å². The molecule has 0 aliphatic rings. The normalized spacial score (nSPS) is 11.5. The smallest absolute Gasteiger partial charge is 0.118 e. The first kappa shape index (κ1) is 31.3. The number of aliphatic hydroxyl groups excluding tert-OH is 1. The van der Waals surface area contributed by atoms with E-state index < -0.39 is 0 Å². The van der Waals surface area contributed by atoms with E-state index in [9.17, 15) is 5.11 Å². The van der Waals surface area contributed by atoms with Crippen molar-refractivity contribution in [1.29, 1.82) is 0 Å². The Labute approximate surface area is 251 Å². The first-order valence-electron chi connectivity index (χ1n) is 14.5. The molecule has 0 atom stereocenters. The Bertz CT molecular complexity index is 1190. The first-order valence-corrected chi connectivity index (χ1v) is 14.5. The van der Waals surface area contributed by atoms with Gasteiger partial charge in [0, 0.05) is 39.3 Å². The molecule has 0 unspecified atom stereocenters. The molecule has 0 amide bonds. The van der Waals surface area contributed by atoms with E-state index in [0.29, 0.717) is 0 Å². The van der Waals surface area contributed by atoms with E-state index in [4.69, 9.17) is 9.47 Å². The average molecular weight is 568 g/mol. The Morgan fingerprint density at radius 2 is 0.690 bits per heavy atom. The van der Waals surface area contributed by atoms with Crippen LogP contribution in [0.1, 0.15) is 38.9 Å². The van der Waals surface area contributed by atoms with Gasteiger partial charge in [-0.2, -0.15) is 0 Å². The molecule has 0 saturated carbocycles. The van der Waals surface area contributed by atoms with Crippen LogP contribution in [0.15, 0.2) is 91.0 Å². The molecule has 0 aliphatic carbocycles. The van der Waals surface area contributed by atoms with Gasteiger partial charge in [-0.3, -0.25) is 14.7 Å². The number of rotatable bonds is 15. The van der Waals surface area contributed by atoms with Gasteiger partial charge in [0.25, 0.3) is 0 Å². The summed E-state index contributed by atoms with van der Waals surface area (Å²) in [5.41, 5.74) is 8.66. The predicted octanol–water partition coefficient (Wildman–Crippen LogP) is 6.09. The van der Waals surface area contributed by atoms with Crippen LogP contribution in [0.2, 0.25) is 0 Å². The lowest BCUT2D eigenvalue weighted by molar-refractivity contribution is 0.281. The average Bonchev–Trinajstić information content (AvgIpc) is 2.98. The molecule has 0 radical (unpaired) electrons. The van der Waals surface area contributed by atoms with Gasteiger partial charge in [0.2, 0.25) is 0 Å². The molecule has 0 saturated heterocycles. The number of ether oxygens (including phenoxy) is 2. The molecule has 42 heavy (non-hydrogen) atoms. The van der Waals surface area contributed by atoms with Gasteiger partial charge in [-0.25, -0.2) is 0 Å². The standard InChI is InChI=1S/C36H45N3O3/c1-37(21-28-6-8-31(27-40)9-7-28)24-32-18-33(25-38(2)22-29-10-14-35(41-4)15-11-29)20-34(19-32)26-39(3)23-30-12-16-36(42-5)17-13-30/h6-20,40H,21-27H2,1-5H3. The Hall–Kier alpha value is -3.68. The SMILES string of the molecule is COc1ccc(CN(C)Cc2cc(CN(C)Cc3ccc(CO)cc3)cc(CN(C)Cc3ccc(OC)cc3)c2)cc1. The zero-order valence-electron chi connectivity index (χ0n) is 25.7. The molecule has 4 rings (SSSR count). The molecule has 6 nitrogen and oxygen atoms in total. The summed E-state index contributed by atoms with van der Waals surface area (Å²) in [5, 5.41) is 9.36. The van der Waals surface area contributed by atoms with Crippen molar-refractivity contribution in [1.82, 2.24) is 14.7 Å². The Balaban J connectivity index is 1.47. The van der Waals surface area contributed by atoms with Gasteiger partial charge in [0.1, 0.15) is 11.5 Å². The van der Waals surface area contributed by atoms with Crippen molar-refractivity contribution in [2.24, 2.45) is 0 Å². The largest absolute Gasteiger partial charge is 0.497 e. The zero-order chi connectivity index (χ0) is 29.9. The molecule has 0 aliphatic heterocycles. The van der Waals surface area contributed by atoms with E-state index in [2.05, 4.69) is 90.4 Å². The van der Waals surface area contributed by atoms with Crippen molar-refractivity contribution < 1.29 is 14.6 Å². The lowest BCUT2D eigenvalue weighted by atomic mass is 10.0. The fourth-order valence-corrected chi connectivity index (χ4v) is 5.36. The van der Waals surface area contributed by atoms with Crippen LogP contribution in [0.25, 0.3) is 0 Å². The lowest BCUT2D eigenvalue weighted by Gasteiger charge is -2.22. The topological polar surface area (TPSA) is 48.4 Å². The van der Waals surface area contributed by atoms with Crippen LogP contribution in [-0.2, 0) is 45.9 Å². The van der Waals surface area contributed by atoms with E-state index in [-0.39, 0.29) is 6.61 Å². The number of aliphatic hydroxyl groups is 1. The summed E-state index contributed by atoms with van der Waals surface area (Å²) >= 11 is 0. The highest BCUT2D eigenvalue weighted by Crippen LogP contribution is 2.20. The zero-order valence-corrected chi connectivity index (χ0v) is 25.7. The molecule has 1 N–H and O–H groups in total. The molecule has 0 heterocycles. The number of nitrogens with zero attached hydrogens (tertiary/aromatic N) is 3. The summed E-state index contributed by atoms with van der Waals surface area (Å²) in [4.78, 5) is 7.06. The van der Waals surface area contributed by atoms with Crippen molar-refractivity contribution in [3.63, 3.8) is 0 Å². The third-order valence-electron chi connectivity index (χ3n) is 7.35. The van der Waals surface area contributed by atoms with Crippen molar-refractivity contribution in [3.8, 4) is 11.5 Å². The number of methoxy groups -OCH3 is 2. The summed E-state index contributed by atoms with van der Waals surface area (Å²) < 4.78 is 10.6. The fraction of sp³-hybridized carbons (Fsp3) is 0.333. The van der Waals surface area contributed by atoms with Gasteiger partial charge in [-0.05, 0) is 84.4 Å². The molecular weight excluding hydrogens is 522 g/mol. The van der Waals surface area contributed by atoms with E-state index in [1.165, 1.54) is 33.4 Å². The number of hydrogen-bond donors (Lipinski definition) is 1. The predicted molar refractivity (Wildman–Crippen MR) is 170 cm³/mol. The van der Waals surface area contributed by atoms with Crippen LogP contribution in [0.4, 0.5) is 0 Å². The first-order chi connectivity index (χ1) is 20.3. The minimum absolute atomic E-state index is 0.0749. The van der Waals surface area contributed by atoms with Crippen LogP contribution >= 0.6 is 0 Å². The van der Waals surface area contributed by atoms with Gasteiger partial charge in [-0.15, -0.1) is 0 Å². The van der Waals surface area contributed by atoms with Crippen LogP contribution in [0.3, 0.4) is 0 Å². The highest BCUT2D eigenvalue weighted by atomic mass is 16.5. The van der Waals surface area contributed by atoms with Crippen LogP contribution in [-0.4, -0.2) is 55.2 Å². The molecule has 0 aromatic heterocycles. The van der Waals surface area contributed by atoms with Crippen LogP contribution < -0.4 is 9.47 Å². The number of hydrogen-bond acceptors (Lipinski definition) is 6. The minimum atomic E-state index is 0.0749. The third kappa shape index (κ3) is 9.71. The van der Waals surface area contributed by atoms with Crippen LogP contribution in [0, 0.1) is 0 Å². The monoisotopic (exact) mass is 567 g/mol. The Morgan fingerprint density at radius 3 is 0.976 bits per heavy atom. The second-order valence-electron chi connectivity index (χ2n) is 11.3. The summed E-state index contributed by atoms with van der Waals surface area (Å²) in [5.74, 6) is 1.76. The molecule has 4 aromatic rings. The van der Waals surface area contributed by atoms with Gasteiger partial charge >= 0.3 is 0 Å². The van der Waals surface area contributed by atoms with Gasteiger partial charge in [0.15, 0.2) is 0 Å². The van der Waals surface area contributed by atoms with Crippen molar-refractivity contribution in [3.05, 3.63) is 130 Å². The molecule has 0 spiro atoms. The summed E-state index contributed by atoms with van der Waals surface area (Å²) in [6.45, 7) is 5.23. The Kier molecular flexibility index (Phi) is 11.6. The molecular formula is C36H45N3O3. The fourth-order valence-electron chi connectivity index (χ4n) is 5.36. The maximum absolute atomic E-state index is 9.36. The van der Waals surface area contributed by atoms with E-state index in [0.717, 1.165) is 56.3 Å². The van der Waals surface area contributed by atoms with Gasteiger partial charge in [0.05, 0.1) is 20.8 Å². The van der Waals surface area contributed by atoms with E-state index >= 15 is 0 Å².